The lowest BCUT2D eigenvalue weighted by Gasteiger charge is -2.07. The number of amides is 1. The van der Waals surface area contributed by atoms with Gasteiger partial charge in [0.15, 0.2) is 11.5 Å². The van der Waals surface area contributed by atoms with E-state index >= 15 is 0 Å². The molecule has 0 radical (unpaired) electrons. The highest BCUT2D eigenvalue weighted by molar-refractivity contribution is 7.98. The van der Waals surface area contributed by atoms with Crippen molar-refractivity contribution in [2.45, 2.75) is 31.7 Å². The van der Waals surface area contributed by atoms with Crippen LogP contribution < -0.4 is 5.32 Å². The van der Waals surface area contributed by atoms with Gasteiger partial charge in [0, 0.05) is 29.5 Å². The van der Waals surface area contributed by atoms with Crippen molar-refractivity contribution >= 4 is 28.7 Å². The van der Waals surface area contributed by atoms with Crippen LogP contribution in [0, 0.1) is 13.8 Å². The summed E-state index contributed by atoms with van der Waals surface area (Å²) in [5.74, 6) is 0.724. The molecule has 7 heteroatoms. The lowest BCUT2D eigenvalue weighted by Crippen LogP contribution is -2.29. The standard InChI is InChI=1S/C23H25N5OS/c1-16-14-17(2)25-22-21(16)23(27-12-4-5-13-27)26-28(22)15-20(29)24-11-10-18-6-8-19(30-3)9-7-18/h4-9,12-14H,10-11,15H2,1-3H3,(H,24,29). The van der Waals surface area contributed by atoms with Crippen molar-refractivity contribution in [1.82, 2.24) is 24.6 Å². The average molecular weight is 420 g/mol. The zero-order chi connectivity index (χ0) is 21.1. The average Bonchev–Trinajstić information content (AvgIpc) is 3.37. The van der Waals surface area contributed by atoms with Crippen LogP contribution in [0.4, 0.5) is 0 Å². The normalized spacial score (nSPS) is 11.2. The van der Waals surface area contributed by atoms with Crippen LogP contribution in [0.1, 0.15) is 16.8 Å². The Morgan fingerprint density at radius 1 is 1.13 bits per heavy atom. The van der Waals surface area contributed by atoms with Crippen molar-refractivity contribution in [2.75, 3.05) is 12.8 Å². The smallest absolute Gasteiger partial charge is 0.241 e. The van der Waals surface area contributed by atoms with Crippen molar-refractivity contribution in [2.24, 2.45) is 0 Å². The van der Waals surface area contributed by atoms with Gasteiger partial charge in [-0.1, -0.05) is 12.1 Å². The number of fused-ring (bicyclic) bond motifs is 1. The fourth-order valence-electron chi connectivity index (χ4n) is 3.59. The Balaban J connectivity index is 1.49. The van der Waals surface area contributed by atoms with Crippen LogP contribution in [0.15, 0.2) is 59.8 Å². The van der Waals surface area contributed by atoms with Crippen LogP contribution in [0.25, 0.3) is 16.9 Å². The second kappa shape index (κ2) is 8.75. The molecule has 0 saturated carbocycles. The number of thioether (sulfide) groups is 1. The summed E-state index contributed by atoms with van der Waals surface area (Å²) in [6.45, 7) is 4.74. The molecular formula is C23H25N5OS. The molecule has 6 nitrogen and oxygen atoms in total. The molecule has 0 bridgehead atoms. The van der Waals surface area contributed by atoms with Gasteiger partial charge in [-0.2, -0.15) is 5.10 Å². The number of pyridine rings is 1. The van der Waals surface area contributed by atoms with E-state index in [2.05, 4.69) is 47.7 Å². The van der Waals surface area contributed by atoms with Gasteiger partial charge in [0.05, 0.1) is 5.39 Å². The summed E-state index contributed by atoms with van der Waals surface area (Å²) in [6.07, 6.45) is 6.76. The van der Waals surface area contributed by atoms with Gasteiger partial charge in [-0.25, -0.2) is 9.67 Å². The number of hydrogen-bond donors (Lipinski definition) is 1. The highest BCUT2D eigenvalue weighted by atomic mass is 32.2. The summed E-state index contributed by atoms with van der Waals surface area (Å²) in [7, 11) is 0. The lowest BCUT2D eigenvalue weighted by atomic mass is 10.1. The Morgan fingerprint density at radius 2 is 1.87 bits per heavy atom. The van der Waals surface area contributed by atoms with Crippen molar-refractivity contribution in [3.05, 3.63) is 71.7 Å². The Hall–Kier alpha value is -3.06. The molecule has 0 fully saturated rings. The minimum Gasteiger partial charge on any atom is -0.354 e. The molecule has 4 aromatic rings. The molecule has 4 rings (SSSR count). The highest BCUT2D eigenvalue weighted by Gasteiger charge is 2.17. The molecular weight excluding hydrogens is 394 g/mol. The molecule has 0 aliphatic rings. The number of carbonyl (C=O) groups excluding carboxylic acids is 1. The second-order valence-electron chi connectivity index (χ2n) is 7.30. The second-order valence-corrected chi connectivity index (χ2v) is 8.18. The van der Waals surface area contributed by atoms with Gasteiger partial charge < -0.3 is 9.88 Å². The summed E-state index contributed by atoms with van der Waals surface area (Å²) < 4.78 is 3.66. The first-order valence-corrected chi connectivity index (χ1v) is 11.2. The quantitative estimate of drug-likeness (QED) is 0.461. The maximum atomic E-state index is 12.6. The minimum absolute atomic E-state index is 0.0693. The highest BCUT2D eigenvalue weighted by Crippen LogP contribution is 2.25. The Morgan fingerprint density at radius 3 is 2.57 bits per heavy atom. The van der Waals surface area contributed by atoms with Crippen LogP contribution in [0.2, 0.25) is 0 Å². The van der Waals surface area contributed by atoms with E-state index in [1.165, 1.54) is 10.5 Å². The molecule has 0 unspecified atom stereocenters. The van der Waals surface area contributed by atoms with Crippen LogP contribution in [0.5, 0.6) is 0 Å². The third-order valence-electron chi connectivity index (χ3n) is 5.05. The van der Waals surface area contributed by atoms with Crippen LogP contribution in [-0.2, 0) is 17.8 Å². The van der Waals surface area contributed by atoms with E-state index in [-0.39, 0.29) is 12.5 Å². The van der Waals surface area contributed by atoms with Gasteiger partial charge in [-0.15, -0.1) is 11.8 Å². The molecule has 154 valence electrons. The van der Waals surface area contributed by atoms with Crippen LogP contribution >= 0.6 is 11.8 Å². The van der Waals surface area contributed by atoms with E-state index < -0.39 is 0 Å². The van der Waals surface area contributed by atoms with Gasteiger partial charge >= 0.3 is 0 Å². The monoisotopic (exact) mass is 419 g/mol. The first-order chi connectivity index (χ1) is 14.5. The molecule has 0 saturated heterocycles. The number of nitrogens with zero attached hydrogens (tertiary/aromatic N) is 4. The van der Waals surface area contributed by atoms with Gasteiger partial charge in [-0.05, 0) is 68.0 Å². The largest absolute Gasteiger partial charge is 0.354 e. The molecule has 3 aromatic heterocycles. The zero-order valence-electron chi connectivity index (χ0n) is 17.4. The SMILES string of the molecule is CSc1ccc(CCNC(=O)Cn2nc(-n3cccc3)c3c(C)cc(C)nc32)cc1. The van der Waals surface area contributed by atoms with E-state index in [1.807, 2.05) is 42.1 Å². The molecule has 0 spiro atoms. The van der Waals surface area contributed by atoms with Gasteiger partial charge in [0.2, 0.25) is 5.91 Å². The minimum atomic E-state index is -0.0693. The fraction of sp³-hybridized carbons (Fsp3) is 0.261. The van der Waals surface area contributed by atoms with Gasteiger partial charge in [0.25, 0.3) is 0 Å². The first kappa shape index (κ1) is 20.2. The molecule has 0 aliphatic heterocycles. The summed E-state index contributed by atoms with van der Waals surface area (Å²) in [5, 5.41) is 8.69. The molecule has 1 aromatic carbocycles. The van der Waals surface area contributed by atoms with E-state index in [0.717, 1.165) is 34.5 Å². The summed E-state index contributed by atoms with van der Waals surface area (Å²) >= 11 is 1.72. The van der Waals surface area contributed by atoms with Gasteiger partial charge in [-0.3, -0.25) is 4.79 Å². The van der Waals surface area contributed by atoms with E-state index in [4.69, 9.17) is 5.10 Å². The zero-order valence-corrected chi connectivity index (χ0v) is 18.2. The number of rotatable bonds is 7. The third kappa shape index (κ3) is 4.26. The number of aryl methyl sites for hydroxylation is 2. The number of nitrogens with one attached hydrogen (secondary N) is 1. The molecule has 30 heavy (non-hydrogen) atoms. The van der Waals surface area contributed by atoms with Crippen molar-refractivity contribution in [1.29, 1.82) is 0 Å². The lowest BCUT2D eigenvalue weighted by molar-refractivity contribution is -0.121. The molecule has 1 N–H and O–H groups in total. The molecule has 0 aliphatic carbocycles. The van der Waals surface area contributed by atoms with Crippen molar-refractivity contribution < 1.29 is 4.79 Å². The number of carbonyl (C=O) groups is 1. The van der Waals surface area contributed by atoms with E-state index in [0.29, 0.717) is 6.54 Å². The van der Waals surface area contributed by atoms with Crippen LogP contribution in [-0.4, -0.2) is 38.0 Å². The van der Waals surface area contributed by atoms with E-state index in [1.54, 1.807) is 16.4 Å². The van der Waals surface area contributed by atoms with Crippen LogP contribution in [0.3, 0.4) is 0 Å². The van der Waals surface area contributed by atoms with Gasteiger partial charge in [0.1, 0.15) is 6.54 Å². The summed E-state index contributed by atoms with van der Waals surface area (Å²) in [5.41, 5.74) is 3.95. The molecule has 0 atom stereocenters. The fourth-order valence-corrected chi connectivity index (χ4v) is 4.00. The number of hydrogen-bond acceptors (Lipinski definition) is 4. The predicted molar refractivity (Wildman–Crippen MR) is 121 cm³/mol. The maximum absolute atomic E-state index is 12.6. The molecule has 3 heterocycles. The summed E-state index contributed by atoms with van der Waals surface area (Å²) in [4.78, 5) is 18.5. The Labute approximate surface area is 180 Å². The Kier molecular flexibility index (Phi) is 5.90. The van der Waals surface area contributed by atoms with Crippen molar-refractivity contribution in [3.8, 4) is 5.82 Å². The summed E-state index contributed by atoms with van der Waals surface area (Å²) in [6, 6.07) is 14.4. The molecule has 1 amide bonds. The topological polar surface area (TPSA) is 64.7 Å². The maximum Gasteiger partial charge on any atom is 0.241 e. The number of benzene rings is 1. The third-order valence-corrected chi connectivity index (χ3v) is 5.79. The first-order valence-electron chi connectivity index (χ1n) is 9.93. The number of aromatic nitrogens is 4. The Bertz CT molecular complexity index is 1160. The van der Waals surface area contributed by atoms with E-state index in [9.17, 15) is 4.79 Å². The van der Waals surface area contributed by atoms with Crippen molar-refractivity contribution in [3.63, 3.8) is 0 Å². The predicted octanol–water partition coefficient (Wildman–Crippen LogP) is 3.92.